The van der Waals surface area contributed by atoms with Gasteiger partial charge in [0.05, 0.1) is 0 Å². The van der Waals surface area contributed by atoms with Crippen LogP contribution in [0, 0.1) is 11.8 Å². The number of benzene rings is 1. The average Bonchev–Trinajstić information content (AvgIpc) is 2.38. The maximum Gasteiger partial charge on any atom is 0.185 e. The fraction of sp³-hybridized carbons (Fsp3) is 0.357. The molecule has 0 atom stereocenters. The molecule has 0 radical (unpaired) electrons. The van der Waals surface area contributed by atoms with Crippen LogP contribution in [0.1, 0.15) is 18.9 Å². The highest BCUT2D eigenvalue weighted by Crippen LogP contribution is 2.30. The second-order valence-corrected chi connectivity index (χ2v) is 5.02. The molecule has 1 aliphatic rings. The van der Waals surface area contributed by atoms with Gasteiger partial charge in [0.2, 0.25) is 0 Å². The third kappa shape index (κ3) is 3.71. The predicted molar refractivity (Wildman–Crippen MR) is 72.1 cm³/mol. The van der Waals surface area contributed by atoms with Gasteiger partial charge in [-0.05, 0) is 18.2 Å². The molecule has 0 aliphatic carbocycles. The molecule has 0 amide bonds. The molecule has 0 bridgehead atoms. The van der Waals surface area contributed by atoms with Crippen molar-refractivity contribution in [2.45, 2.75) is 13.3 Å². The summed E-state index contributed by atoms with van der Waals surface area (Å²) >= 11 is 1.30. The van der Waals surface area contributed by atoms with Crippen LogP contribution in [0.25, 0.3) is 0 Å². The standard InChI is InChI=1S/C14H14O3S/c1-11(15)18-9-3-2-4-12-5-6-13-14(10-12)17-8-7-16-13/h5-6,10H,3,7-9H2,1H3. The topological polar surface area (TPSA) is 35.5 Å². The molecule has 1 aromatic rings. The Balaban J connectivity index is 1.93. The summed E-state index contributed by atoms with van der Waals surface area (Å²) in [6.45, 7) is 2.75. The van der Waals surface area contributed by atoms with Crippen molar-refractivity contribution in [2.24, 2.45) is 0 Å². The van der Waals surface area contributed by atoms with Gasteiger partial charge in [-0.15, -0.1) is 0 Å². The molecule has 94 valence electrons. The van der Waals surface area contributed by atoms with Crippen molar-refractivity contribution in [2.75, 3.05) is 19.0 Å². The summed E-state index contributed by atoms with van der Waals surface area (Å²) in [6.07, 6.45) is 0.707. The van der Waals surface area contributed by atoms with Gasteiger partial charge in [0, 0.05) is 24.7 Å². The second kappa shape index (κ2) is 6.36. The first-order valence-corrected chi connectivity index (χ1v) is 6.76. The first-order valence-electron chi connectivity index (χ1n) is 5.77. The van der Waals surface area contributed by atoms with Crippen molar-refractivity contribution in [1.29, 1.82) is 0 Å². The Morgan fingerprint density at radius 2 is 2.11 bits per heavy atom. The Bertz CT molecular complexity index is 499. The third-order valence-corrected chi connectivity index (χ3v) is 3.12. The summed E-state index contributed by atoms with van der Waals surface area (Å²) in [4.78, 5) is 10.7. The van der Waals surface area contributed by atoms with E-state index in [0.717, 1.165) is 22.8 Å². The monoisotopic (exact) mass is 262 g/mol. The van der Waals surface area contributed by atoms with Crippen molar-refractivity contribution in [3.05, 3.63) is 23.8 Å². The molecule has 0 saturated heterocycles. The minimum absolute atomic E-state index is 0.135. The molecule has 1 heterocycles. The normalized spacial score (nSPS) is 12.5. The van der Waals surface area contributed by atoms with E-state index in [1.807, 2.05) is 18.2 Å². The van der Waals surface area contributed by atoms with Crippen LogP contribution in [-0.4, -0.2) is 24.1 Å². The van der Waals surface area contributed by atoms with E-state index in [1.165, 1.54) is 11.8 Å². The molecule has 0 spiro atoms. The number of hydrogen-bond acceptors (Lipinski definition) is 4. The van der Waals surface area contributed by atoms with E-state index in [1.54, 1.807) is 6.92 Å². The lowest BCUT2D eigenvalue weighted by Gasteiger charge is -2.17. The molecular formula is C14H14O3S. The summed E-state index contributed by atoms with van der Waals surface area (Å²) in [6, 6.07) is 5.68. The summed E-state index contributed by atoms with van der Waals surface area (Å²) in [7, 11) is 0. The van der Waals surface area contributed by atoms with Gasteiger partial charge in [-0.25, -0.2) is 0 Å². The zero-order chi connectivity index (χ0) is 12.8. The van der Waals surface area contributed by atoms with Crippen LogP contribution < -0.4 is 9.47 Å². The molecular weight excluding hydrogens is 248 g/mol. The maximum absolute atomic E-state index is 10.7. The van der Waals surface area contributed by atoms with Crippen LogP contribution in [0.3, 0.4) is 0 Å². The van der Waals surface area contributed by atoms with Gasteiger partial charge in [0.25, 0.3) is 0 Å². The van der Waals surface area contributed by atoms with Crippen molar-refractivity contribution >= 4 is 16.9 Å². The smallest absolute Gasteiger partial charge is 0.185 e. The van der Waals surface area contributed by atoms with Gasteiger partial charge >= 0.3 is 0 Å². The summed E-state index contributed by atoms with van der Waals surface area (Å²) < 4.78 is 10.9. The van der Waals surface area contributed by atoms with Crippen molar-refractivity contribution in [3.63, 3.8) is 0 Å². The highest BCUT2D eigenvalue weighted by atomic mass is 32.2. The molecule has 2 rings (SSSR count). The zero-order valence-electron chi connectivity index (χ0n) is 10.2. The van der Waals surface area contributed by atoms with Crippen LogP contribution in [-0.2, 0) is 4.79 Å². The zero-order valence-corrected chi connectivity index (χ0v) is 11.0. The molecule has 0 saturated carbocycles. The Kier molecular flexibility index (Phi) is 4.54. The lowest BCUT2D eigenvalue weighted by atomic mass is 10.2. The first kappa shape index (κ1) is 12.8. The molecule has 0 unspecified atom stereocenters. The third-order valence-electron chi connectivity index (χ3n) is 2.31. The molecule has 1 aliphatic heterocycles. The average molecular weight is 262 g/mol. The van der Waals surface area contributed by atoms with Crippen LogP contribution >= 0.6 is 11.8 Å². The lowest BCUT2D eigenvalue weighted by Crippen LogP contribution is -2.15. The molecule has 3 nitrogen and oxygen atoms in total. The summed E-state index contributed by atoms with van der Waals surface area (Å²) in [5.74, 6) is 8.38. The minimum atomic E-state index is 0.135. The van der Waals surface area contributed by atoms with Gasteiger partial charge in [-0.2, -0.15) is 0 Å². The van der Waals surface area contributed by atoms with Crippen molar-refractivity contribution in [3.8, 4) is 23.3 Å². The number of ether oxygens (including phenoxy) is 2. The van der Waals surface area contributed by atoms with Crippen molar-refractivity contribution in [1.82, 2.24) is 0 Å². The number of carbonyl (C=O) groups is 1. The van der Waals surface area contributed by atoms with E-state index in [2.05, 4.69) is 11.8 Å². The Hall–Kier alpha value is -1.60. The quantitative estimate of drug-likeness (QED) is 0.606. The molecule has 0 N–H and O–H groups in total. The highest BCUT2D eigenvalue weighted by Gasteiger charge is 2.10. The van der Waals surface area contributed by atoms with E-state index in [0.29, 0.717) is 19.6 Å². The van der Waals surface area contributed by atoms with Gasteiger partial charge in [0.15, 0.2) is 16.6 Å². The first-order chi connectivity index (χ1) is 8.75. The molecule has 18 heavy (non-hydrogen) atoms. The fourth-order valence-corrected chi connectivity index (χ4v) is 2.02. The van der Waals surface area contributed by atoms with E-state index in [4.69, 9.17) is 9.47 Å². The van der Waals surface area contributed by atoms with Gasteiger partial charge in [-0.1, -0.05) is 23.6 Å². The Morgan fingerprint density at radius 1 is 1.33 bits per heavy atom. The second-order valence-electron chi connectivity index (χ2n) is 3.75. The van der Waals surface area contributed by atoms with E-state index in [9.17, 15) is 4.79 Å². The molecule has 0 aromatic heterocycles. The molecule has 0 fully saturated rings. The SMILES string of the molecule is CC(=O)SCCC#Cc1ccc2c(c1)OCCO2. The Morgan fingerprint density at radius 3 is 2.89 bits per heavy atom. The summed E-state index contributed by atoms with van der Waals surface area (Å²) in [5, 5.41) is 0.135. The number of fused-ring (bicyclic) bond motifs is 1. The minimum Gasteiger partial charge on any atom is -0.486 e. The number of carbonyl (C=O) groups excluding carboxylic acids is 1. The molecule has 4 heteroatoms. The summed E-state index contributed by atoms with van der Waals surface area (Å²) in [5.41, 5.74) is 0.909. The highest BCUT2D eigenvalue weighted by molar-refractivity contribution is 8.13. The van der Waals surface area contributed by atoms with Crippen LogP contribution in [0.15, 0.2) is 18.2 Å². The lowest BCUT2D eigenvalue weighted by molar-refractivity contribution is -0.109. The number of hydrogen-bond donors (Lipinski definition) is 0. The van der Waals surface area contributed by atoms with Crippen molar-refractivity contribution < 1.29 is 14.3 Å². The van der Waals surface area contributed by atoms with E-state index >= 15 is 0 Å². The largest absolute Gasteiger partial charge is 0.486 e. The molecule has 1 aromatic carbocycles. The van der Waals surface area contributed by atoms with Gasteiger partial charge in [-0.3, -0.25) is 4.79 Å². The van der Waals surface area contributed by atoms with Gasteiger partial charge in [0.1, 0.15) is 13.2 Å². The fourth-order valence-electron chi connectivity index (χ4n) is 1.53. The maximum atomic E-state index is 10.7. The van der Waals surface area contributed by atoms with Crippen LogP contribution in [0.4, 0.5) is 0 Å². The van der Waals surface area contributed by atoms with E-state index < -0.39 is 0 Å². The number of rotatable bonds is 2. The van der Waals surface area contributed by atoms with Crippen LogP contribution in [0.5, 0.6) is 11.5 Å². The number of thioether (sulfide) groups is 1. The van der Waals surface area contributed by atoms with Crippen LogP contribution in [0.2, 0.25) is 0 Å². The predicted octanol–water partition coefficient (Wildman–Crippen LogP) is 2.48. The van der Waals surface area contributed by atoms with Gasteiger partial charge < -0.3 is 9.47 Å². The Labute approximate surface area is 111 Å². The van der Waals surface area contributed by atoms with E-state index in [-0.39, 0.29) is 5.12 Å².